The van der Waals surface area contributed by atoms with Gasteiger partial charge in [-0.3, -0.25) is 19.3 Å². The molecular weight excluding hydrogens is 276 g/mol. The molecule has 0 saturated carbocycles. The van der Waals surface area contributed by atoms with Gasteiger partial charge in [0.15, 0.2) is 0 Å². The third kappa shape index (κ3) is 4.51. The van der Waals surface area contributed by atoms with E-state index in [0.29, 0.717) is 32.9 Å². The molecular formula is C14H18N2O5. The van der Waals surface area contributed by atoms with Gasteiger partial charge >= 0.3 is 0 Å². The Balaban J connectivity index is 1.43. The number of imide groups is 1. The number of nitrogens with zero attached hydrogens (tertiary/aromatic N) is 2. The number of rotatable bonds is 9. The summed E-state index contributed by atoms with van der Waals surface area (Å²) in [5.41, 5.74) is 0. The van der Waals surface area contributed by atoms with Crippen LogP contribution in [0.15, 0.2) is 24.3 Å². The average Bonchev–Trinajstić information content (AvgIpc) is 3.01. The molecule has 0 radical (unpaired) electrons. The summed E-state index contributed by atoms with van der Waals surface area (Å²) in [6.45, 7) is 3.00. The van der Waals surface area contributed by atoms with Gasteiger partial charge in [0.2, 0.25) is 5.91 Å². The Hall–Kier alpha value is -1.99. The van der Waals surface area contributed by atoms with Gasteiger partial charge in [-0.2, -0.15) is 0 Å². The molecule has 7 heteroatoms. The number of carbonyl (C=O) groups is 3. The predicted octanol–water partition coefficient (Wildman–Crippen LogP) is -0.657. The van der Waals surface area contributed by atoms with Crippen LogP contribution < -0.4 is 0 Å². The van der Waals surface area contributed by atoms with Crippen LogP contribution in [0.2, 0.25) is 0 Å². The van der Waals surface area contributed by atoms with E-state index in [-0.39, 0.29) is 30.9 Å². The molecule has 0 fully saturated rings. The molecule has 2 heterocycles. The van der Waals surface area contributed by atoms with Gasteiger partial charge in [0, 0.05) is 31.3 Å². The minimum absolute atomic E-state index is 0.0170. The van der Waals surface area contributed by atoms with Crippen LogP contribution in [0.4, 0.5) is 0 Å². The third-order valence-electron chi connectivity index (χ3n) is 3.14. The number of amides is 3. The van der Waals surface area contributed by atoms with E-state index in [1.165, 1.54) is 12.2 Å². The Morgan fingerprint density at radius 3 is 2.00 bits per heavy atom. The van der Waals surface area contributed by atoms with Gasteiger partial charge in [-0.25, -0.2) is 0 Å². The number of ether oxygens (including phenoxy) is 2. The average molecular weight is 294 g/mol. The third-order valence-corrected chi connectivity index (χ3v) is 3.14. The fourth-order valence-electron chi connectivity index (χ4n) is 1.98. The van der Waals surface area contributed by atoms with E-state index in [4.69, 9.17) is 9.47 Å². The van der Waals surface area contributed by atoms with Crippen LogP contribution in [0.3, 0.4) is 0 Å². The van der Waals surface area contributed by atoms with Crippen molar-refractivity contribution in [1.29, 1.82) is 0 Å². The van der Waals surface area contributed by atoms with Gasteiger partial charge in [-0.1, -0.05) is 6.08 Å². The molecule has 2 aliphatic rings. The van der Waals surface area contributed by atoms with Crippen molar-refractivity contribution in [3.05, 3.63) is 24.3 Å². The van der Waals surface area contributed by atoms with Gasteiger partial charge in [-0.15, -0.1) is 0 Å². The van der Waals surface area contributed by atoms with Crippen LogP contribution in [0.5, 0.6) is 0 Å². The van der Waals surface area contributed by atoms with Crippen LogP contribution in [0.1, 0.15) is 0 Å². The summed E-state index contributed by atoms with van der Waals surface area (Å²) in [5, 5.41) is 0. The van der Waals surface area contributed by atoms with Gasteiger partial charge in [-0.05, 0) is 0 Å². The first-order valence-electron chi connectivity index (χ1n) is 6.83. The number of hydrogen-bond acceptors (Lipinski definition) is 5. The Morgan fingerprint density at radius 1 is 0.810 bits per heavy atom. The molecule has 0 unspecified atom stereocenters. The van der Waals surface area contributed by atoms with E-state index < -0.39 is 0 Å². The molecule has 0 saturated heterocycles. The van der Waals surface area contributed by atoms with Crippen LogP contribution in [0.25, 0.3) is 0 Å². The van der Waals surface area contributed by atoms with Crippen molar-refractivity contribution in [2.45, 2.75) is 0 Å². The first-order valence-corrected chi connectivity index (χ1v) is 6.83. The summed E-state index contributed by atoms with van der Waals surface area (Å²) < 4.78 is 10.6. The lowest BCUT2D eigenvalue weighted by atomic mass is 10.5. The Labute approximate surface area is 122 Å². The maximum Gasteiger partial charge on any atom is 0.253 e. The van der Waals surface area contributed by atoms with Gasteiger partial charge in [0.05, 0.1) is 33.0 Å². The summed E-state index contributed by atoms with van der Waals surface area (Å²) in [7, 11) is 0. The minimum atomic E-state index is -0.302. The lowest BCUT2D eigenvalue weighted by molar-refractivity contribution is -0.137. The molecule has 21 heavy (non-hydrogen) atoms. The monoisotopic (exact) mass is 294 g/mol. The molecule has 0 spiro atoms. The smallest absolute Gasteiger partial charge is 0.253 e. The fourth-order valence-corrected chi connectivity index (χ4v) is 1.98. The van der Waals surface area contributed by atoms with Crippen LogP contribution >= 0.6 is 0 Å². The highest BCUT2D eigenvalue weighted by Crippen LogP contribution is 2.02. The summed E-state index contributed by atoms with van der Waals surface area (Å²) in [6.07, 6.45) is 5.88. The summed E-state index contributed by atoms with van der Waals surface area (Å²) >= 11 is 0. The quantitative estimate of drug-likeness (QED) is 0.417. The maximum atomic E-state index is 11.3. The topological polar surface area (TPSA) is 76.2 Å². The molecule has 0 aromatic rings. The predicted molar refractivity (Wildman–Crippen MR) is 73.2 cm³/mol. The zero-order chi connectivity index (χ0) is 15.1. The molecule has 0 atom stereocenters. The normalized spacial score (nSPS) is 17.6. The maximum absolute atomic E-state index is 11.3. The molecule has 2 rings (SSSR count). The summed E-state index contributed by atoms with van der Waals surface area (Å²) in [5.74, 6) is -0.587. The second kappa shape index (κ2) is 7.70. The first kappa shape index (κ1) is 15.4. The van der Waals surface area contributed by atoms with Crippen LogP contribution in [-0.2, 0) is 23.9 Å². The van der Waals surface area contributed by atoms with Gasteiger partial charge < -0.3 is 14.4 Å². The van der Waals surface area contributed by atoms with Crippen molar-refractivity contribution in [1.82, 2.24) is 9.80 Å². The second-order valence-electron chi connectivity index (χ2n) is 4.57. The van der Waals surface area contributed by atoms with Crippen molar-refractivity contribution in [2.24, 2.45) is 0 Å². The lowest BCUT2D eigenvalue weighted by Crippen LogP contribution is -2.33. The van der Waals surface area contributed by atoms with Crippen molar-refractivity contribution in [3.8, 4) is 0 Å². The van der Waals surface area contributed by atoms with E-state index in [0.717, 1.165) is 4.90 Å². The summed E-state index contributed by atoms with van der Waals surface area (Å²) in [4.78, 5) is 36.6. The Bertz CT molecular complexity index is 454. The SMILES string of the molecule is O=C1C=CCN1CCOCCOCCN1C(=O)C=CC1=O. The molecule has 2 aliphatic heterocycles. The molecule has 7 nitrogen and oxygen atoms in total. The molecule has 0 N–H and O–H groups in total. The summed E-state index contributed by atoms with van der Waals surface area (Å²) in [6, 6.07) is 0. The lowest BCUT2D eigenvalue weighted by Gasteiger charge is -2.15. The first-order chi connectivity index (χ1) is 10.2. The van der Waals surface area contributed by atoms with E-state index in [9.17, 15) is 14.4 Å². The number of hydrogen-bond donors (Lipinski definition) is 0. The standard InChI is InChI=1S/C14H18N2O5/c17-12-2-1-5-15(12)6-8-20-10-11-21-9-7-16-13(18)3-4-14(16)19/h1-4H,5-11H2. The molecule has 0 aromatic heterocycles. The van der Waals surface area contributed by atoms with Crippen molar-refractivity contribution >= 4 is 17.7 Å². The van der Waals surface area contributed by atoms with E-state index in [1.54, 1.807) is 11.0 Å². The Morgan fingerprint density at radius 2 is 1.43 bits per heavy atom. The largest absolute Gasteiger partial charge is 0.377 e. The highest BCUT2D eigenvalue weighted by Gasteiger charge is 2.22. The molecule has 0 aliphatic carbocycles. The zero-order valence-corrected chi connectivity index (χ0v) is 11.7. The molecule has 114 valence electrons. The number of carbonyl (C=O) groups excluding carboxylic acids is 3. The fraction of sp³-hybridized carbons (Fsp3) is 0.500. The van der Waals surface area contributed by atoms with Crippen molar-refractivity contribution in [2.75, 3.05) is 46.1 Å². The highest BCUT2D eigenvalue weighted by molar-refractivity contribution is 6.12. The molecule has 0 aromatic carbocycles. The van der Waals surface area contributed by atoms with Crippen molar-refractivity contribution in [3.63, 3.8) is 0 Å². The minimum Gasteiger partial charge on any atom is -0.377 e. The Kier molecular flexibility index (Phi) is 5.65. The van der Waals surface area contributed by atoms with E-state index >= 15 is 0 Å². The van der Waals surface area contributed by atoms with Gasteiger partial charge in [0.25, 0.3) is 11.8 Å². The zero-order valence-electron chi connectivity index (χ0n) is 11.7. The van der Waals surface area contributed by atoms with Gasteiger partial charge in [0.1, 0.15) is 0 Å². The van der Waals surface area contributed by atoms with Crippen LogP contribution in [0, 0.1) is 0 Å². The van der Waals surface area contributed by atoms with E-state index in [2.05, 4.69) is 0 Å². The molecule has 3 amide bonds. The second-order valence-corrected chi connectivity index (χ2v) is 4.57. The van der Waals surface area contributed by atoms with E-state index in [1.807, 2.05) is 6.08 Å². The van der Waals surface area contributed by atoms with Crippen LogP contribution in [-0.4, -0.2) is 73.6 Å². The highest BCUT2D eigenvalue weighted by atomic mass is 16.5. The van der Waals surface area contributed by atoms with Crippen molar-refractivity contribution < 1.29 is 23.9 Å². The molecule has 0 bridgehead atoms.